The van der Waals surface area contributed by atoms with Crippen molar-refractivity contribution in [2.24, 2.45) is 0 Å². The molecule has 0 bridgehead atoms. The highest BCUT2D eigenvalue weighted by Crippen LogP contribution is 2.24. The van der Waals surface area contributed by atoms with Crippen molar-refractivity contribution < 1.29 is 9.90 Å². The number of nitrogens with zero attached hydrogens (tertiary/aromatic N) is 3. The third-order valence-electron chi connectivity index (χ3n) is 4.47. The minimum atomic E-state index is -0.0420. The largest absolute Gasteiger partial charge is 0.395 e. The monoisotopic (exact) mass is 292 g/mol. The number of anilines is 1. The first-order valence-electron chi connectivity index (χ1n) is 8.02. The molecular formula is C15H24N4O2. The molecule has 1 aromatic rings. The predicted octanol–water partition coefficient (Wildman–Crippen LogP) is 1.47. The van der Waals surface area contributed by atoms with Gasteiger partial charge in [0.25, 0.3) is 5.91 Å². The van der Waals surface area contributed by atoms with Crippen molar-refractivity contribution in [2.75, 3.05) is 25.0 Å². The van der Waals surface area contributed by atoms with Crippen molar-refractivity contribution in [3.05, 3.63) is 11.9 Å². The van der Waals surface area contributed by atoms with Crippen LogP contribution in [0.5, 0.6) is 0 Å². The van der Waals surface area contributed by atoms with Crippen molar-refractivity contribution >= 4 is 11.9 Å². The summed E-state index contributed by atoms with van der Waals surface area (Å²) >= 11 is 0. The number of aliphatic hydroxyl groups is 1. The van der Waals surface area contributed by atoms with Crippen LogP contribution in [-0.2, 0) is 6.54 Å². The highest BCUT2D eigenvalue weighted by atomic mass is 16.3. The molecule has 3 rings (SSSR count). The second kappa shape index (κ2) is 6.47. The van der Waals surface area contributed by atoms with Gasteiger partial charge in [0.15, 0.2) is 0 Å². The normalized spacial score (nSPS) is 18.9. The van der Waals surface area contributed by atoms with Gasteiger partial charge in [-0.25, -0.2) is 4.98 Å². The van der Waals surface area contributed by atoms with Crippen LogP contribution in [0.1, 0.15) is 49.0 Å². The van der Waals surface area contributed by atoms with Gasteiger partial charge in [0.2, 0.25) is 5.95 Å². The number of amides is 1. The second-order valence-electron chi connectivity index (χ2n) is 5.94. The third-order valence-corrected chi connectivity index (χ3v) is 4.47. The van der Waals surface area contributed by atoms with Crippen LogP contribution in [0.3, 0.4) is 0 Å². The van der Waals surface area contributed by atoms with Gasteiger partial charge in [-0.05, 0) is 19.3 Å². The molecule has 1 amide bonds. The summed E-state index contributed by atoms with van der Waals surface area (Å²) < 4.78 is 2.01. The lowest BCUT2D eigenvalue weighted by Crippen LogP contribution is -2.43. The maximum absolute atomic E-state index is 12.8. The zero-order valence-corrected chi connectivity index (χ0v) is 12.4. The number of carbonyl (C=O) groups is 1. The maximum atomic E-state index is 12.8. The zero-order chi connectivity index (χ0) is 14.7. The molecule has 2 aliphatic rings. The van der Waals surface area contributed by atoms with Crippen molar-refractivity contribution in [3.63, 3.8) is 0 Å². The highest BCUT2D eigenvalue weighted by Gasteiger charge is 2.28. The van der Waals surface area contributed by atoms with Crippen LogP contribution in [0.2, 0.25) is 0 Å². The van der Waals surface area contributed by atoms with E-state index in [0.717, 1.165) is 38.3 Å². The molecule has 1 aromatic heterocycles. The number of aryl methyl sites for hydroxylation is 1. The molecule has 1 fully saturated rings. The number of aliphatic hydroxyl groups excluding tert-OH is 1. The van der Waals surface area contributed by atoms with Gasteiger partial charge in [-0.2, -0.15) is 0 Å². The Morgan fingerprint density at radius 3 is 2.90 bits per heavy atom. The molecule has 1 aliphatic heterocycles. The van der Waals surface area contributed by atoms with Gasteiger partial charge >= 0.3 is 0 Å². The maximum Gasteiger partial charge on any atom is 0.274 e. The van der Waals surface area contributed by atoms with E-state index in [1.54, 1.807) is 0 Å². The molecule has 2 heterocycles. The van der Waals surface area contributed by atoms with Crippen LogP contribution >= 0.6 is 0 Å². The van der Waals surface area contributed by atoms with Gasteiger partial charge in [-0.15, -0.1) is 0 Å². The smallest absolute Gasteiger partial charge is 0.274 e. The zero-order valence-electron chi connectivity index (χ0n) is 12.4. The molecule has 6 nitrogen and oxygen atoms in total. The van der Waals surface area contributed by atoms with Crippen LogP contribution in [-0.4, -0.2) is 51.2 Å². The number of fused-ring (bicyclic) bond motifs is 1. The lowest BCUT2D eigenvalue weighted by molar-refractivity contribution is 0.0580. The molecule has 21 heavy (non-hydrogen) atoms. The van der Waals surface area contributed by atoms with Crippen LogP contribution in [0, 0.1) is 0 Å². The van der Waals surface area contributed by atoms with E-state index in [2.05, 4.69) is 10.3 Å². The SMILES string of the molecule is O=C(c1cn2c(n1)NCCC2)N(CCO)C1CCCCC1. The number of carbonyl (C=O) groups excluding carboxylic acids is 1. The van der Waals surface area contributed by atoms with E-state index in [4.69, 9.17) is 0 Å². The second-order valence-corrected chi connectivity index (χ2v) is 5.94. The van der Waals surface area contributed by atoms with Crippen LogP contribution < -0.4 is 5.32 Å². The molecule has 0 radical (unpaired) electrons. The number of aromatic nitrogens is 2. The van der Waals surface area contributed by atoms with Crippen molar-refractivity contribution in [1.29, 1.82) is 0 Å². The van der Waals surface area contributed by atoms with Crippen LogP contribution in [0.15, 0.2) is 6.20 Å². The van der Waals surface area contributed by atoms with Gasteiger partial charge < -0.3 is 19.9 Å². The molecule has 0 atom stereocenters. The highest BCUT2D eigenvalue weighted by molar-refractivity contribution is 5.93. The Hall–Kier alpha value is -1.56. The van der Waals surface area contributed by atoms with E-state index in [-0.39, 0.29) is 18.6 Å². The minimum absolute atomic E-state index is 0.00799. The summed E-state index contributed by atoms with van der Waals surface area (Å²) in [6.45, 7) is 2.23. The summed E-state index contributed by atoms with van der Waals surface area (Å²) in [5, 5.41) is 12.5. The summed E-state index contributed by atoms with van der Waals surface area (Å²) in [5.74, 6) is 0.747. The van der Waals surface area contributed by atoms with E-state index < -0.39 is 0 Å². The predicted molar refractivity (Wildman–Crippen MR) is 80.3 cm³/mol. The first kappa shape index (κ1) is 14.4. The fourth-order valence-electron chi connectivity index (χ4n) is 3.38. The first-order valence-corrected chi connectivity index (χ1v) is 8.02. The molecular weight excluding hydrogens is 268 g/mol. The van der Waals surface area contributed by atoms with Crippen LogP contribution in [0.4, 0.5) is 5.95 Å². The number of hydrogen-bond donors (Lipinski definition) is 2. The molecule has 0 saturated heterocycles. The lowest BCUT2D eigenvalue weighted by atomic mass is 9.94. The Bertz CT molecular complexity index is 470. The molecule has 1 saturated carbocycles. The minimum Gasteiger partial charge on any atom is -0.395 e. The van der Waals surface area contributed by atoms with Gasteiger partial charge in [0.05, 0.1) is 6.61 Å². The van der Waals surface area contributed by atoms with E-state index in [9.17, 15) is 9.90 Å². The average molecular weight is 292 g/mol. The summed E-state index contributed by atoms with van der Waals surface area (Å²) in [7, 11) is 0. The van der Waals surface area contributed by atoms with E-state index in [1.807, 2.05) is 15.7 Å². The number of imidazole rings is 1. The summed E-state index contributed by atoms with van der Waals surface area (Å²) in [6, 6.07) is 0.255. The third kappa shape index (κ3) is 3.05. The molecule has 0 aromatic carbocycles. The Balaban J connectivity index is 1.77. The fraction of sp³-hybridized carbons (Fsp3) is 0.733. The van der Waals surface area contributed by atoms with Crippen molar-refractivity contribution in [1.82, 2.24) is 14.5 Å². The molecule has 1 aliphatic carbocycles. The molecule has 2 N–H and O–H groups in total. The standard InChI is InChI=1S/C15H24N4O2/c20-10-9-19(12-5-2-1-3-6-12)14(21)13-11-18-8-4-7-16-15(18)17-13/h11-12,20H,1-10H2,(H,16,17). The summed E-state index contributed by atoms with van der Waals surface area (Å²) in [4.78, 5) is 19.0. The van der Waals surface area contributed by atoms with Gasteiger partial charge in [0, 0.05) is 31.9 Å². The quantitative estimate of drug-likeness (QED) is 0.881. The number of hydrogen-bond acceptors (Lipinski definition) is 4. The number of rotatable bonds is 4. The molecule has 116 valence electrons. The summed E-state index contributed by atoms with van der Waals surface area (Å²) in [6.07, 6.45) is 8.56. The Kier molecular flexibility index (Phi) is 4.43. The van der Waals surface area contributed by atoms with Crippen molar-refractivity contribution in [3.8, 4) is 0 Å². The molecule has 6 heteroatoms. The lowest BCUT2D eigenvalue weighted by Gasteiger charge is -2.33. The Morgan fingerprint density at radius 1 is 1.38 bits per heavy atom. The summed E-state index contributed by atoms with van der Waals surface area (Å²) in [5.41, 5.74) is 0.499. The Labute approximate surface area is 125 Å². The van der Waals surface area contributed by atoms with Gasteiger partial charge in [0.1, 0.15) is 5.69 Å². The molecule has 0 unspecified atom stereocenters. The molecule has 0 spiro atoms. The van der Waals surface area contributed by atoms with Gasteiger partial charge in [-0.1, -0.05) is 19.3 Å². The van der Waals surface area contributed by atoms with Gasteiger partial charge in [-0.3, -0.25) is 4.79 Å². The topological polar surface area (TPSA) is 70.4 Å². The van der Waals surface area contributed by atoms with E-state index >= 15 is 0 Å². The van der Waals surface area contributed by atoms with Crippen LogP contribution in [0.25, 0.3) is 0 Å². The van der Waals surface area contributed by atoms with E-state index in [1.165, 1.54) is 19.3 Å². The average Bonchev–Trinajstić information content (AvgIpc) is 2.97. The van der Waals surface area contributed by atoms with E-state index in [0.29, 0.717) is 12.2 Å². The number of nitrogens with one attached hydrogen (secondary N) is 1. The fourth-order valence-corrected chi connectivity index (χ4v) is 3.38. The first-order chi connectivity index (χ1) is 10.3. The van der Waals surface area contributed by atoms with Crippen molar-refractivity contribution in [2.45, 2.75) is 51.1 Å². The Morgan fingerprint density at radius 2 is 2.19 bits per heavy atom.